The molecule has 0 unspecified atom stereocenters. The van der Waals surface area contributed by atoms with Crippen molar-refractivity contribution in [3.63, 3.8) is 0 Å². The maximum absolute atomic E-state index is 12.0. The number of anilines is 1. The molecule has 0 heterocycles. The molecule has 19 heavy (non-hydrogen) atoms. The topological polar surface area (TPSA) is 52.9 Å². The molecule has 2 rings (SSSR count). The lowest BCUT2D eigenvalue weighted by Gasteiger charge is -2.05. The predicted octanol–water partition coefficient (Wildman–Crippen LogP) is 3.45. The van der Waals surface area contributed by atoms with Gasteiger partial charge in [-0.05, 0) is 42.0 Å². The van der Waals surface area contributed by atoms with Gasteiger partial charge in [0.05, 0.1) is 11.6 Å². The number of nitrogens with one attached hydrogen (secondary N) is 1. The molecule has 3 nitrogen and oxygen atoms in total. The monoisotopic (exact) mass is 248 g/mol. The van der Waals surface area contributed by atoms with Crippen molar-refractivity contribution in [2.75, 3.05) is 5.32 Å². The minimum absolute atomic E-state index is 0.180. The van der Waals surface area contributed by atoms with E-state index in [4.69, 9.17) is 5.26 Å². The highest BCUT2D eigenvalue weighted by Crippen LogP contribution is 2.12. The zero-order chi connectivity index (χ0) is 13.7. The van der Waals surface area contributed by atoms with Gasteiger partial charge in [-0.25, -0.2) is 0 Å². The summed E-state index contributed by atoms with van der Waals surface area (Å²) in [5.74, 6) is -0.180. The van der Waals surface area contributed by atoms with Gasteiger partial charge in [-0.2, -0.15) is 5.26 Å². The van der Waals surface area contributed by atoms with Crippen LogP contribution in [-0.2, 0) is 0 Å². The standard InChI is InChI=1S/C16H12N2O/c1-2-12-3-7-14(8-4-12)16(19)18-15-9-5-13(11-17)6-10-15/h2-10H,1H2,(H,18,19). The van der Waals surface area contributed by atoms with Crippen LogP contribution < -0.4 is 5.32 Å². The van der Waals surface area contributed by atoms with Crippen molar-refractivity contribution < 1.29 is 4.79 Å². The summed E-state index contributed by atoms with van der Waals surface area (Å²) in [4.78, 5) is 12.0. The molecule has 3 heteroatoms. The molecule has 0 aromatic heterocycles. The van der Waals surface area contributed by atoms with Crippen molar-refractivity contribution in [1.29, 1.82) is 5.26 Å². The average molecular weight is 248 g/mol. The van der Waals surface area contributed by atoms with Gasteiger partial charge in [0.1, 0.15) is 0 Å². The molecule has 1 amide bonds. The van der Waals surface area contributed by atoms with Crippen LogP contribution in [0.2, 0.25) is 0 Å². The second-order valence-electron chi connectivity index (χ2n) is 3.97. The first-order valence-corrected chi connectivity index (χ1v) is 5.77. The van der Waals surface area contributed by atoms with E-state index in [0.717, 1.165) is 5.56 Å². The fraction of sp³-hybridized carbons (Fsp3) is 0. The van der Waals surface area contributed by atoms with E-state index in [1.165, 1.54) is 0 Å². The Kier molecular flexibility index (Phi) is 3.75. The summed E-state index contributed by atoms with van der Waals surface area (Å²) in [5.41, 5.74) is 2.77. The van der Waals surface area contributed by atoms with Gasteiger partial charge in [0.2, 0.25) is 0 Å². The third kappa shape index (κ3) is 3.08. The van der Waals surface area contributed by atoms with Gasteiger partial charge in [-0.1, -0.05) is 24.8 Å². The summed E-state index contributed by atoms with van der Waals surface area (Å²) in [5, 5.41) is 11.5. The molecule has 0 radical (unpaired) electrons. The third-order valence-corrected chi connectivity index (χ3v) is 2.68. The van der Waals surface area contributed by atoms with Crippen molar-refractivity contribution in [3.8, 4) is 6.07 Å². The normalized spacial score (nSPS) is 9.42. The lowest BCUT2D eigenvalue weighted by atomic mass is 10.1. The molecule has 2 aromatic carbocycles. The van der Waals surface area contributed by atoms with Gasteiger partial charge < -0.3 is 5.32 Å². The molecule has 1 N–H and O–H groups in total. The van der Waals surface area contributed by atoms with E-state index in [0.29, 0.717) is 16.8 Å². The van der Waals surface area contributed by atoms with Crippen LogP contribution in [0.4, 0.5) is 5.69 Å². The molecular formula is C16H12N2O. The van der Waals surface area contributed by atoms with Crippen molar-refractivity contribution >= 4 is 17.7 Å². The third-order valence-electron chi connectivity index (χ3n) is 2.68. The van der Waals surface area contributed by atoms with Crippen LogP contribution in [-0.4, -0.2) is 5.91 Å². The Hall–Kier alpha value is -2.86. The molecule has 0 saturated carbocycles. The van der Waals surface area contributed by atoms with Crippen molar-refractivity contribution in [2.45, 2.75) is 0 Å². The Morgan fingerprint density at radius 1 is 1.11 bits per heavy atom. The van der Waals surface area contributed by atoms with Crippen LogP contribution in [0.3, 0.4) is 0 Å². The number of benzene rings is 2. The lowest BCUT2D eigenvalue weighted by Crippen LogP contribution is -2.11. The highest BCUT2D eigenvalue weighted by molar-refractivity contribution is 6.04. The fourth-order valence-corrected chi connectivity index (χ4v) is 1.60. The average Bonchev–Trinajstić information content (AvgIpc) is 2.48. The van der Waals surface area contributed by atoms with Crippen LogP contribution in [0, 0.1) is 11.3 Å². The van der Waals surface area contributed by atoms with Gasteiger partial charge in [-0.3, -0.25) is 4.79 Å². The number of carbonyl (C=O) groups is 1. The van der Waals surface area contributed by atoms with Crippen LogP contribution in [0.5, 0.6) is 0 Å². The van der Waals surface area contributed by atoms with Gasteiger partial charge in [0, 0.05) is 11.3 Å². The number of rotatable bonds is 3. The van der Waals surface area contributed by atoms with Crippen LogP contribution in [0.15, 0.2) is 55.1 Å². The SMILES string of the molecule is C=Cc1ccc(C(=O)Nc2ccc(C#N)cc2)cc1. The number of hydrogen-bond acceptors (Lipinski definition) is 2. The number of nitriles is 1. The Balaban J connectivity index is 2.11. The van der Waals surface area contributed by atoms with E-state index in [-0.39, 0.29) is 5.91 Å². The zero-order valence-corrected chi connectivity index (χ0v) is 10.3. The number of nitrogens with zero attached hydrogens (tertiary/aromatic N) is 1. The number of hydrogen-bond donors (Lipinski definition) is 1. The molecular weight excluding hydrogens is 236 g/mol. The second-order valence-corrected chi connectivity index (χ2v) is 3.97. The molecule has 0 spiro atoms. The maximum Gasteiger partial charge on any atom is 0.255 e. The van der Waals surface area contributed by atoms with Gasteiger partial charge in [0.15, 0.2) is 0 Å². The molecule has 0 atom stereocenters. The Labute approximate surface area is 111 Å². The molecule has 0 aliphatic carbocycles. The summed E-state index contributed by atoms with van der Waals surface area (Å²) in [6.07, 6.45) is 1.72. The minimum atomic E-state index is -0.180. The van der Waals surface area contributed by atoms with E-state index in [1.54, 1.807) is 42.5 Å². The number of carbonyl (C=O) groups excluding carboxylic acids is 1. The summed E-state index contributed by atoms with van der Waals surface area (Å²) in [6, 6.07) is 15.9. The molecule has 0 aliphatic rings. The van der Waals surface area contributed by atoms with E-state index in [9.17, 15) is 4.79 Å². The predicted molar refractivity (Wildman–Crippen MR) is 75.6 cm³/mol. The largest absolute Gasteiger partial charge is 0.322 e. The molecule has 2 aromatic rings. The van der Waals surface area contributed by atoms with Gasteiger partial charge in [0.25, 0.3) is 5.91 Å². The van der Waals surface area contributed by atoms with E-state index in [1.807, 2.05) is 18.2 Å². The first-order chi connectivity index (χ1) is 9.22. The summed E-state index contributed by atoms with van der Waals surface area (Å²) in [7, 11) is 0. The quantitative estimate of drug-likeness (QED) is 0.904. The van der Waals surface area contributed by atoms with Crippen molar-refractivity contribution in [3.05, 3.63) is 71.8 Å². The van der Waals surface area contributed by atoms with Gasteiger partial charge in [-0.15, -0.1) is 0 Å². The van der Waals surface area contributed by atoms with Crippen LogP contribution >= 0.6 is 0 Å². The van der Waals surface area contributed by atoms with E-state index in [2.05, 4.69) is 11.9 Å². The highest BCUT2D eigenvalue weighted by Gasteiger charge is 2.05. The lowest BCUT2D eigenvalue weighted by molar-refractivity contribution is 0.102. The maximum atomic E-state index is 12.0. The smallest absolute Gasteiger partial charge is 0.255 e. The van der Waals surface area contributed by atoms with E-state index >= 15 is 0 Å². The summed E-state index contributed by atoms with van der Waals surface area (Å²) in [6.45, 7) is 3.66. The fourth-order valence-electron chi connectivity index (χ4n) is 1.60. The second kappa shape index (κ2) is 5.65. The Morgan fingerprint density at radius 3 is 2.26 bits per heavy atom. The summed E-state index contributed by atoms with van der Waals surface area (Å²) >= 11 is 0. The zero-order valence-electron chi connectivity index (χ0n) is 10.3. The molecule has 0 aliphatic heterocycles. The van der Waals surface area contributed by atoms with E-state index < -0.39 is 0 Å². The molecule has 0 bridgehead atoms. The van der Waals surface area contributed by atoms with Gasteiger partial charge >= 0.3 is 0 Å². The van der Waals surface area contributed by atoms with Crippen LogP contribution in [0.25, 0.3) is 6.08 Å². The highest BCUT2D eigenvalue weighted by atomic mass is 16.1. The Bertz CT molecular complexity index is 634. The molecule has 0 fully saturated rings. The summed E-state index contributed by atoms with van der Waals surface area (Å²) < 4.78 is 0. The first kappa shape index (κ1) is 12.6. The Morgan fingerprint density at radius 2 is 1.74 bits per heavy atom. The van der Waals surface area contributed by atoms with Crippen LogP contribution in [0.1, 0.15) is 21.5 Å². The first-order valence-electron chi connectivity index (χ1n) is 5.77. The number of amides is 1. The molecule has 92 valence electrons. The minimum Gasteiger partial charge on any atom is -0.322 e. The van der Waals surface area contributed by atoms with Crippen molar-refractivity contribution in [1.82, 2.24) is 0 Å². The van der Waals surface area contributed by atoms with Crippen molar-refractivity contribution in [2.24, 2.45) is 0 Å². The molecule has 0 saturated heterocycles.